The standard InChI is InChI=1S/C34H47ClN2O6Si/c1-11-19-36(27-17-13-15-25(22-27)30-28(18-20-41-30)31(38)40-8)37(32(39)42-33(2,3)4)23-29(24-14-12-16-26(35)21-24)43-44(9,10)34(5,6)7/h12-18,20-22,29H,11,19,23H2,1-10H3/t29-/m0/s1. The highest BCUT2D eigenvalue weighted by atomic mass is 35.5. The Morgan fingerprint density at radius 1 is 1.00 bits per heavy atom. The Labute approximate surface area is 268 Å². The van der Waals surface area contributed by atoms with Crippen LogP contribution in [-0.4, -0.2) is 51.2 Å². The number of anilines is 1. The predicted octanol–water partition coefficient (Wildman–Crippen LogP) is 9.52. The summed E-state index contributed by atoms with van der Waals surface area (Å²) in [5.74, 6) is -0.107. The van der Waals surface area contributed by atoms with Gasteiger partial charge in [0.2, 0.25) is 0 Å². The van der Waals surface area contributed by atoms with Crippen molar-refractivity contribution in [3.63, 3.8) is 0 Å². The number of esters is 1. The van der Waals surface area contributed by atoms with Crippen LogP contribution in [0.4, 0.5) is 10.5 Å². The van der Waals surface area contributed by atoms with Crippen molar-refractivity contribution in [2.45, 2.75) is 84.7 Å². The van der Waals surface area contributed by atoms with Crippen LogP contribution in [0.1, 0.15) is 76.9 Å². The minimum absolute atomic E-state index is 0.0710. The van der Waals surface area contributed by atoms with Gasteiger partial charge in [-0.1, -0.05) is 63.6 Å². The van der Waals surface area contributed by atoms with E-state index < -0.39 is 32.1 Å². The van der Waals surface area contributed by atoms with E-state index in [4.69, 9.17) is 29.9 Å². The lowest BCUT2D eigenvalue weighted by Gasteiger charge is -2.43. The van der Waals surface area contributed by atoms with Gasteiger partial charge in [0.05, 0.1) is 31.7 Å². The molecule has 0 radical (unpaired) electrons. The number of nitrogens with zero attached hydrogens (tertiary/aromatic N) is 2. The molecule has 0 aliphatic heterocycles. The molecule has 1 aromatic heterocycles. The Balaban J connectivity index is 2.15. The van der Waals surface area contributed by atoms with Crippen LogP contribution in [0.3, 0.4) is 0 Å². The van der Waals surface area contributed by atoms with Crippen LogP contribution in [0.5, 0.6) is 0 Å². The number of benzene rings is 2. The highest BCUT2D eigenvalue weighted by Crippen LogP contribution is 2.41. The van der Waals surface area contributed by atoms with Crippen molar-refractivity contribution in [3.8, 4) is 11.3 Å². The summed E-state index contributed by atoms with van der Waals surface area (Å²) in [6.45, 7) is 19.2. The van der Waals surface area contributed by atoms with Crippen molar-refractivity contribution in [3.05, 3.63) is 77.0 Å². The molecule has 1 atom stereocenters. The molecule has 3 rings (SSSR count). The molecule has 0 aliphatic carbocycles. The normalized spacial score (nSPS) is 12.9. The molecule has 0 spiro atoms. The molecule has 1 heterocycles. The second-order valence-corrected chi connectivity index (χ2v) is 18.5. The van der Waals surface area contributed by atoms with Crippen molar-refractivity contribution >= 4 is 37.7 Å². The van der Waals surface area contributed by atoms with Gasteiger partial charge in [-0.2, -0.15) is 0 Å². The lowest BCUT2D eigenvalue weighted by Crippen LogP contribution is -2.52. The summed E-state index contributed by atoms with van der Waals surface area (Å²) in [6.07, 6.45) is 1.21. The number of hydrogen-bond donors (Lipinski definition) is 0. The van der Waals surface area contributed by atoms with Crippen molar-refractivity contribution in [2.24, 2.45) is 0 Å². The summed E-state index contributed by atoms with van der Waals surface area (Å²) in [4.78, 5) is 26.5. The maximum Gasteiger partial charge on any atom is 0.429 e. The molecule has 0 unspecified atom stereocenters. The fraction of sp³-hybridized carbons (Fsp3) is 0.471. The van der Waals surface area contributed by atoms with E-state index in [1.807, 2.05) is 81.2 Å². The minimum Gasteiger partial charge on any atom is -0.465 e. The van der Waals surface area contributed by atoms with Crippen LogP contribution in [0.15, 0.2) is 65.3 Å². The smallest absolute Gasteiger partial charge is 0.429 e. The first-order chi connectivity index (χ1) is 20.5. The molecule has 8 nitrogen and oxygen atoms in total. The first kappa shape index (κ1) is 35.2. The Kier molecular flexibility index (Phi) is 11.4. The summed E-state index contributed by atoms with van der Waals surface area (Å²) < 4.78 is 23.6. The monoisotopic (exact) mass is 642 g/mol. The van der Waals surface area contributed by atoms with E-state index in [1.165, 1.54) is 13.4 Å². The minimum atomic E-state index is -2.31. The van der Waals surface area contributed by atoms with E-state index in [0.717, 1.165) is 17.7 Å². The molecule has 0 aliphatic rings. The molecule has 10 heteroatoms. The Bertz CT molecular complexity index is 1430. The highest BCUT2D eigenvalue weighted by Gasteiger charge is 2.41. The number of amides is 1. The van der Waals surface area contributed by atoms with Gasteiger partial charge in [0.25, 0.3) is 0 Å². The summed E-state index contributed by atoms with van der Waals surface area (Å²) in [6, 6.07) is 16.7. The molecule has 240 valence electrons. The van der Waals surface area contributed by atoms with Crippen LogP contribution in [0.2, 0.25) is 23.2 Å². The molecule has 44 heavy (non-hydrogen) atoms. The summed E-state index contributed by atoms with van der Waals surface area (Å²) in [5.41, 5.74) is 1.85. The number of ether oxygens (including phenoxy) is 2. The van der Waals surface area contributed by atoms with E-state index in [-0.39, 0.29) is 11.6 Å². The van der Waals surface area contributed by atoms with Crippen molar-refractivity contribution in [1.82, 2.24) is 5.01 Å². The van der Waals surface area contributed by atoms with Gasteiger partial charge >= 0.3 is 12.1 Å². The molecule has 2 aromatic carbocycles. The van der Waals surface area contributed by atoms with Crippen LogP contribution < -0.4 is 5.01 Å². The number of rotatable bonds is 11. The number of hydrazine groups is 1. The lowest BCUT2D eigenvalue weighted by atomic mass is 10.1. The number of carbonyl (C=O) groups excluding carboxylic acids is 2. The van der Waals surface area contributed by atoms with Crippen molar-refractivity contribution in [1.29, 1.82) is 0 Å². The first-order valence-electron chi connectivity index (χ1n) is 14.9. The second kappa shape index (κ2) is 14.2. The van der Waals surface area contributed by atoms with E-state index in [2.05, 4.69) is 33.9 Å². The number of carbonyl (C=O) groups is 2. The average molecular weight is 643 g/mol. The van der Waals surface area contributed by atoms with Gasteiger partial charge in [-0.05, 0) is 81.2 Å². The number of hydrogen-bond acceptors (Lipinski definition) is 7. The van der Waals surface area contributed by atoms with E-state index in [9.17, 15) is 9.59 Å². The maximum atomic E-state index is 14.1. The average Bonchev–Trinajstić information content (AvgIpc) is 3.42. The molecule has 0 N–H and O–H groups in total. The SMILES string of the molecule is CCCN(c1cccc(-c2occc2C(=O)OC)c1)N(C[C@H](O[Si](C)(C)C(C)(C)C)c1cccc(Cl)c1)C(=O)OC(C)(C)C. The summed E-state index contributed by atoms with van der Waals surface area (Å²) in [5, 5.41) is 4.05. The van der Waals surface area contributed by atoms with Gasteiger partial charge in [0.15, 0.2) is 8.32 Å². The second-order valence-electron chi connectivity index (χ2n) is 13.3. The topological polar surface area (TPSA) is 81.5 Å². The van der Waals surface area contributed by atoms with Crippen LogP contribution in [0, 0.1) is 0 Å². The number of halogens is 1. The molecular formula is C34H47ClN2O6Si. The van der Waals surface area contributed by atoms with Crippen LogP contribution in [0.25, 0.3) is 11.3 Å². The van der Waals surface area contributed by atoms with Gasteiger partial charge in [-0.3, -0.25) is 5.01 Å². The van der Waals surface area contributed by atoms with Gasteiger partial charge in [0.1, 0.15) is 16.9 Å². The molecule has 0 fully saturated rings. The van der Waals surface area contributed by atoms with Crippen LogP contribution in [-0.2, 0) is 13.9 Å². The molecule has 1 amide bonds. The Morgan fingerprint density at radius 3 is 2.27 bits per heavy atom. The van der Waals surface area contributed by atoms with Gasteiger partial charge in [0, 0.05) is 17.1 Å². The molecule has 3 aromatic rings. The summed E-state index contributed by atoms with van der Waals surface area (Å²) in [7, 11) is -0.979. The quantitative estimate of drug-likeness (QED) is 0.117. The van der Waals surface area contributed by atoms with Crippen LogP contribution >= 0.6 is 11.6 Å². The third-order valence-electron chi connectivity index (χ3n) is 7.61. The number of methoxy groups -OCH3 is 1. The zero-order valence-corrected chi connectivity index (χ0v) is 29.4. The fourth-order valence-corrected chi connectivity index (χ4v) is 5.88. The zero-order chi connectivity index (χ0) is 32.9. The third kappa shape index (κ3) is 8.89. The van der Waals surface area contributed by atoms with E-state index >= 15 is 0 Å². The lowest BCUT2D eigenvalue weighted by molar-refractivity contribution is 0.0125. The largest absolute Gasteiger partial charge is 0.465 e. The predicted molar refractivity (Wildman–Crippen MR) is 179 cm³/mol. The zero-order valence-electron chi connectivity index (χ0n) is 27.7. The van der Waals surface area contributed by atoms with Crippen molar-refractivity contribution < 1.29 is 27.9 Å². The van der Waals surface area contributed by atoms with Crippen molar-refractivity contribution in [2.75, 3.05) is 25.2 Å². The fourth-order valence-electron chi connectivity index (χ4n) is 4.41. The third-order valence-corrected chi connectivity index (χ3v) is 12.3. The van der Waals surface area contributed by atoms with Gasteiger partial charge in [-0.15, -0.1) is 0 Å². The van der Waals surface area contributed by atoms with Gasteiger partial charge < -0.3 is 18.3 Å². The van der Waals surface area contributed by atoms with Gasteiger partial charge in [-0.25, -0.2) is 14.6 Å². The summed E-state index contributed by atoms with van der Waals surface area (Å²) >= 11 is 6.45. The Morgan fingerprint density at radius 2 is 1.68 bits per heavy atom. The maximum absolute atomic E-state index is 14.1. The van der Waals surface area contributed by atoms with E-state index in [1.54, 1.807) is 11.1 Å². The molecule has 0 bridgehead atoms. The first-order valence-corrected chi connectivity index (χ1v) is 18.2. The molecular weight excluding hydrogens is 596 g/mol. The highest BCUT2D eigenvalue weighted by molar-refractivity contribution is 6.74. The number of furan rings is 1. The molecule has 0 saturated heterocycles. The Hall–Kier alpha value is -3.27. The van der Waals surface area contributed by atoms with E-state index in [0.29, 0.717) is 28.5 Å². The molecule has 0 saturated carbocycles.